The van der Waals surface area contributed by atoms with E-state index < -0.39 is 0 Å². The summed E-state index contributed by atoms with van der Waals surface area (Å²) < 4.78 is 0. The third kappa shape index (κ3) is 5.42. The fraction of sp³-hybridized carbons (Fsp3) is 0.0476. The van der Waals surface area contributed by atoms with Gasteiger partial charge in [-0.3, -0.25) is 0 Å². The number of para-hydroxylation sites is 2. The van der Waals surface area contributed by atoms with Crippen LogP contribution in [-0.4, -0.2) is 23.1 Å². The molecule has 0 amide bonds. The molecule has 0 fully saturated rings. The highest BCUT2D eigenvalue weighted by atomic mass is 15.3. The van der Waals surface area contributed by atoms with Crippen molar-refractivity contribution in [2.24, 2.45) is 0 Å². The summed E-state index contributed by atoms with van der Waals surface area (Å²) in [5.74, 6) is 1.87. The Hall–Kier alpha value is -6.00. The molecule has 0 atom stereocenters. The highest BCUT2D eigenvalue weighted by Gasteiger charge is 2.27. The largest absolute Gasteiger partial charge is 0.323 e. The molecule has 46 heavy (non-hydrogen) atoms. The Morgan fingerprint density at radius 1 is 0.326 bits per heavy atom. The van der Waals surface area contributed by atoms with E-state index in [-0.39, 0.29) is 0 Å². The number of fused-ring (bicyclic) bond motifs is 1. The second-order valence-electron chi connectivity index (χ2n) is 11.5. The lowest BCUT2D eigenvalue weighted by molar-refractivity contribution is 0.831. The van der Waals surface area contributed by atoms with Gasteiger partial charge < -0.3 is 9.80 Å². The van der Waals surface area contributed by atoms with Crippen molar-refractivity contribution in [3.05, 3.63) is 170 Å². The summed E-state index contributed by atoms with van der Waals surface area (Å²) in [6, 6.07) is 59.4. The van der Waals surface area contributed by atoms with Crippen molar-refractivity contribution in [2.75, 3.05) is 22.9 Å². The van der Waals surface area contributed by atoms with Gasteiger partial charge in [0.05, 0.1) is 22.8 Å². The number of benzene rings is 5. The fourth-order valence-electron chi connectivity index (χ4n) is 6.25. The lowest BCUT2D eigenvalue weighted by atomic mass is 10.0. The second-order valence-corrected chi connectivity index (χ2v) is 11.5. The molecule has 0 saturated heterocycles. The summed E-state index contributed by atoms with van der Waals surface area (Å²) in [4.78, 5) is 15.2. The first-order chi connectivity index (χ1) is 22.8. The SMILES string of the molecule is c1ccc(-c2cc(-c3ccccc3)nc(N3CCN(c4cc(-c5ccccc5)cc(-c5ccccc5)n4)c4ccccc43)c2)cc1. The molecular weight excluding hydrogens is 560 g/mol. The van der Waals surface area contributed by atoms with Crippen molar-refractivity contribution < 1.29 is 0 Å². The lowest BCUT2D eigenvalue weighted by Crippen LogP contribution is -2.37. The molecule has 1 aliphatic heterocycles. The minimum atomic E-state index is 0.758. The maximum Gasteiger partial charge on any atom is 0.134 e. The minimum Gasteiger partial charge on any atom is -0.323 e. The number of aromatic nitrogens is 2. The molecule has 8 rings (SSSR count). The van der Waals surface area contributed by atoms with Gasteiger partial charge >= 0.3 is 0 Å². The molecule has 0 unspecified atom stereocenters. The van der Waals surface area contributed by atoms with Gasteiger partial charge in [0.15, 0.2) is 0 Å². The van der Waals surface area contributed by atoms with Crippen LogP contribution in [0.2, 0.25) is 0 Å². The number of anilines is 4. The predicted molar refractivity (Wildman–Crippen MR) is 191 cm³/mol. The molecule has 5 aromatic carbocycles. The first-order valence-corrected chi connectivity index (χ1v) is 15.7. The van der Waals surface area contributed by atoms with Gasteiger partial charge in [0.25, 0.3) is 0 Å². The summed E-state index contributed by atoms with van der Waals surface area (Å²) >= 11 is 0. The molecule has 4 nitrogen and oxygen atoms in total. The Labute approximate surface area is 269 Å². The molecule has 0 saturated carbocycles. The van der Waals surface area contributed by atoms with Crippen molar-refractivity contribution in [3.8, 4) is 44.8 Å². The minimum absolute atomic E-state index is 0.758. The first kappa shape index (κ1) is 27.5. The van der Waals surface area contributed by atoms with Crippen LogP contribution in [0, 0.1) is 0 Å². The van der Waals surface area contributed by atoms with Gasteiger partial charge in [-0.2, -0.15) is 0 Å². The molecule has 2 aromatic heterocycles. The average molecular weight is 593 g/mol. The lowest BCUT2D eigenvalue weighted by Gasteiger charge is -2.38. The molecule has 1 aliphatic rings. The van der Waals surface area contributed by atoms with Crippen molar-refractivity contribution in [3.63, 3.8) is 0 Å². The molecule has 0 aliphatic carbocycles. The van der Waals surface area contributed by atoms with Crippen LogP contribution in [-0.2, 0) is 0 Å². The Balaban J connectivity index is 1.24. The molecule has 3 heterocycles. The van der Waals surface area contributed by atoms with Gasteiger partial charge in [0.2, 0.25) is 0 Å². The Kier molecular flexibility index (Phi) is 7.29. The number of hydrogen-bond donors (Lipinski definition) is 0. The number of rotatable bonds is 6. The maximum absolute atomic E-state index is 5.25. The number of hydrogen-bond acceptors (Lipinski definition) is 4. The molecule has 0 spiro atoms. The summed E-state index contributed by atoms with van der Waals surface area (Å²) in [5, 5.41) is 0. The van der Waals surface area contributed by atoms with E-state index in [2.05, 4.69) is 168 Å². The van der Waals surface area contributed by atoms with Crippen LogP contribution in [0.3, 0.4) is 0 Å². The smallest absolute Gasteiger partial charge is 0.134 e. The summed E-state index contributed by atoms with van der Waals surface area (Å²) in [5.41, 5.74) is 11.0. The molecule has 0 radical (unpaired) electrons. The third-order valence-corrected chi connectivity index (χ3v) is 8.54. The van der Waals surface area contributed by atoms with E-state index in [0.29, 0.717) is 0 Å². The fourth-order valence-corrected chi connectivity index (χ4v) is 6.25. The van der Waals surface area contributed by atoms with Crippen LogP contribution < -0.4 is 9.80 Å². The van der Waals surface area contributed by atoms with Crippen LogP contribution in [0.4, 0.5) is 23.0 Å². The van der Waals surface area contributed by atoms with Gasteiger partial charge in [-0.05, 0) is 58.7 Å². The maximum atomic E-state index is 5.25. The predicted octanol–water partition coefficient (Wildman–Crippen LogP) is 10.4. The zero-order chi connectivity index (χ0) is 30.7. The Morgan fingerprint density at radius 3 is 1.02 bits per heavy atom. The van der Waals surface area contributed by atoms with E-state index in [1.807, 2.05) is 12.1 Å². The molecule has 0 N–H and O–H groups in total. The van der Waals surface area contributed by atoms with Gasteiger partial charge in [-0.15, -0.1) is 0 Å². The van der Waals surface area contributed by atoms with Gasteiger partial charge in [-0.25, -0.2) is 9.97 Å². The van der Waals surface area contributed by atoms with Crippen LogP contribution >= 0.6 is 0 Å². The van der Waals surface area contributed by atoms with Gasteiger partial charge in [0, 0.05) is 24.2 Å². The van der Waals surface area contributed by atoms with Crippen molar-refractivity contribution in [1.82, 2.24) is 9.97 Å². The first-order valence-electron chi connectivity index (χ1n) is 15.7. The van der Waals surface area contributed by atoms with E-state index in [0.717, 1.165) is 69.7 Å². The summed E-state index contributed by atoms with van der Waals surface area (Å²) in [7, 11) is 0. The van der Waals surface area contributed by atoms with E-state index in [1.165, 1.54) is 11.1 Å². The molecule has 4 heteroatoms. The zero-order valence-electron chi connectivity index (χ0n) is 25.4. The van der Waals surface area contributed by atoms with Crippen LogP contribution in [0.15, 0.2) is 170 Å². The third-order valence-electron chi connectivity index (χ3n) is 8.54. The molecular formula is C42H32N4. The number of pyridine rings is 2. The van der Waals surface area contributed by atoms with Crippen LogP contribution in [0.1, 0.15) is 0 Å². The summed E-state index contributed by atoms with van der Waals surface area (Å²) in [6.07, 6.45) is 0. The standard InChI is InChI=1S/C42H32N4/c1-5-15-31(16-6-1)35-27-37(33-19-9-3-10-20-33)43-41(29-35)45-25-26-46(40-24-14-13-23-39(40)45)42-30-36(32-17-7-2-8-18-32)28-38(44-42)34-21-11-4-12-22-34/h1-24,27-30H,25-26H2. The highest BCUT2D eigenvalue weighted by molar-refractivity contribution is 5.86. The van der Waals surface area contributed by atoms with E-state index in [9.17, 15) is 0 Å². The van der Waals surface area contributed by atoms with Crippen molar-refractivity contribution in [1.29, 1.82) is 0 Å². The number of nitrogens with zero attached hydrogens (tertiary/aromatic N) is 4. The average Bonchev–Trinajstić information content (AvgIpc) is 3.15. The zero-order valence-corrected chi connectivity index (χ0v) is 25.4. The van der Waals surface area contributed by atoms with E-state index >= 15 is 0 Å². The Bertz CT molecular complexity index is 1830. The van der Waals surface area contributed by atoms with Gasteiger partial charge in [0.1, 0.15) is 11.6 Å². The summed E-state index contributed by atoms with van der Waals surface area (Å²) in [6.45, 7) is 1.52. The quantitative estimate of drug-likeness (QED) is 0.192. The second kappa shape index (κ2) is 12.2. The van der Waals surface area contributed by atoms with Crippen LogP contribution in [0.5, 0.6) is 0 Å². The van der Waals surface area contributed by atoms with Crippen molar-refractivity contribution in [2.45, 2.75) is 0 Å². The topological polar surface area (TPSA) is 32.3 Å². The van der Waals surface area contributed by atoms with Crippen LogP contribution in [0.25, 0.3) is 44.8 Å². The monoisotopic (exact) mass is 592 g/mol. The van der Waals surface area contributed by atoms with E-state index in [4.69, 9.17) is 9.97 Å². The molecule has 0 bridgehead atoms. The molecule has 7 aromatic rings. The molecule has 220 valence electrons. The van der Waals surface area contributed by atoms with E-state index in [1.54, 1.807) is 0 Å². The highest BCUT2D eigenvalue weighted by Crippen LogP contribution is 2.42. The van der Waals surface area contributed by atoms with Gasteiger partial charge in [-0.1, -0.05) is 133 Å². The normalized spacial score (nSPS) is 12.5. The Morgan fingerprint density at radius 2 is 0.652 bits per heavy atom. The van der Waals surface area contributed by atoms with Crippen molar-refractivity contribution >= 4 is 23.0 Å².